The molecular weight excluding hydrogens is 372 g/mol. The number of anilines is 1. The van der Waals surface area contributed by atoms with Gasteiger partial charge in [0.15, 0.2) is 0 Å². The average molecular weight is 400 g/mol. The summed E-state index contributed by atoms with van der Waals surface area (Å²) in [7, 11) is 1.64. The first-order valence-corrected chi connectivity index (χ1v) is 9.64. The van der Waals surface area contributed by atoms with Crippen molar-refractivity contribution in [1.82, 2.24) is 14.7 Å². The zero-order chi connectivity index (χ0) is 21.2. The Morgan fingerprint density at radius 1 is 1.24 bits per heavy atom. The summed E-state index contributed by atoms with van der Waals surface area (Å²) in [5, 5.41) is 4.39. The van der Waals surface area contributed by atoms with Crippen LogP contribution in [-0.4, -0.2) is 45.6 Å². The van der Waals surface area contributed by atoms with E-state index in [0.29, 0.717) is 18.8 Å². The van der Waals surface area contributed by atoms with Crippen LogP contribution in [0.15, 0.2) is 36.5 Å². The Labute approximate surface area is 171 Å². The number of benzene rings is 1. The third kappa shape index (κ3) is 4.88. The van der Waals surface area contributed by atoms with Gasteiger partial charge in [-0.2, -0.15) is 5.10 Å². The Balaban J connectivity index is 1.71. The summed E-state index contributed by atoms with van der Waals surface area (Å²) in [6, 6.07) is 9.43. The van der Waals surface area contributed by atoms with Crippen LogP contribution in [0.25, 0.3) is 0 Å². The molecule has 1 atom stereocenters. The van der Waals surface area contributed by atoms with Crippen LogP contribution in [0.2, 0.25) is 0 Å². The SMILES string of the molecule is C[C@H]1Cn2ncc(N(C)C(=O)OCc3ccccc3)c2CN1C(=O)OC(C)(C)C. The molecule has 29 heavy (non-hydrogen) atoms. The second-order valence-corrected chi connectivity index (χ2v) is 8.22. The van der Waals surface area contributed by atoms with Gasteiger partial charge in [-0.15, -0.1) is 0 Å². The van der Waals surface area contributed by atoms with E-state index in [-0.39, 0.29) is 18.7 Å². The predicted octanol–water partition coefficient (Wildman–Crippen LogP) is 3.80. The molecule has 1 aliphatic heterocycles. The van der Waals surface area contributed by atoms with Crippen molar-refractivity contribution in [3.8, 4) is 0 Å². The van der Waals surface area contributed by atoms with Gasteiger partial charge in [0, 0.05) is 7.05 Å². The summed E-state index contributed by atoms with van der Waals surface area (Å²) < 4.78 is 12.8. The van der Waals surface area contributed by atoms with Crippen molar-refractivity contribution in [3.63, 3.8) is 0 Å². The second-order valence-electron chi connectivity index (χ2n) is 8.22. The molecule has 0 saturated heterocycles. The largest absolute Gasteiger partial charge is 0.444 e. The van der Waals surface area contributed by atoms with Crippen LogP contribution in [0.3, 0.4) is 0 Å². The lowest BCUT2D eigenvalue weighted by molar-refractivity contribution is 0.00913. The van der Waals surface area contributed by atoms with Gasteiger partial charge in [-0.05, 0) is 33.3 Å². The zero-order valence-corrected chi connectivity index (χ0v) is 17.6. The van der Waals surface area contributed by atoms with Crippen LogP contribution in [0.4, 0.5) is 15.3 Å². The summed E-state index contributed by atoms with van der Waals surface area (Å²) in [4.78, 5) is 28.2. The van der Waals surface area contributed by atoms with E-state index in [4.69, 9.17) is 9.47 Å². The molecule has 2 amide bonds. The number of ether oxygens (including phenoxy) is 2. The van der Waals surface area contributed by atoms with Gasteiger partial charge in [0.2, 0.25) is 0 Å². The Bertz CT molecular complexity index is 873. The molecule has 1 aromatic carbocycles. The molecule has 1 aliphatic rings. The highest BCUT2D eigenvalue weighted by molar-refractivity contribution is 5.87. The van der Waals surface area contributed by atoms with Gasteiger partial charge >= 0.3 is 12.2 Å². The van der Waals surface area contributed by atoms with Crippen LogP contribution in [0.5, 0.6) is 0 Å². The second kappa shape index (κ2) is 8.14. The molecule has 8 heteroatoms. The number of fused-ring (bicyclic) bond motifs is 1. The fourth-order valence-corrected chi connectivity index (χ4v) is 3.15. The minimum Gasteiger partial charge on any atom is -0.444 e. The van der Waals surface area contributed by atoms with Gasteiger partial charge in [0.1, 0.15) is 12.2 Å². The zero-order valence-electron chi connectivity index (χ0n) is 17.6. The minimum atomic E-state index is -0.574. The maximum atomic E-state index is 12.6. The lowest BCUT2D eigenvalue weighted by Gasteiger charge is -2.35. The van der Waals surface area contributed by atoms with Gasteiger partial charge in [-0.25, -0.2) is 9.59 Å². The number of carbonyl (C=O) groups is 2. The number of hydrogen-bond donors (Lipinski definition) is 0. The third-order valence-corrected chi connectivity index (χ3v) is 4.68. The quantitative estimate of drug-likeness (QED) is 0.783. The highest BCUT2D eigenvalue weighted by atomic mass is 16.6. The van der Waals surface area contributed by atoms with Crippen molar-refractivity contribution >= 4 is 17.9 Å². The van der Waals surface area contributed by atoms with Gasteiger partial charge < -0.3 is 9.47 Å². The molecule has 0 radical (unpaired) electrons. The van der Waals surface area contributed by atoms with E-state index in [0.717, 1.165) is 11.3 Å². The molecule has 2 aromatic rings. The first-order valence-electron chi connectivity index (χ1n) is 9.64. The highest BCUT2D eigenvalue weighted by Gasteiger charge is 2.33. The normalized spacial score (nSPS) is 16.2. The van der Waals surface area contributed by atoms with Crippen LogP contribution < -0.4 is 4.90 Å². The van der Waals surface area contributed by atoms with E-state index >= 15 is 0 Å². The molecule has 0 saturated carbocycles. The molecule has 2 heterocycles. The van der Waals surface area contributed by atoms with Crippen LogP contribution >= 0.6 is 0 Å². The van der Waals surface area contributed by atoms with E-state index in [1.54, 1.807) is 18.1 Å². The molecule has 0 spiro atoms. The Kier molecular flexibility index (Phi) is 5.81. The van der Waals surface area contributed by atoms with Gasteiger partial charge in [0.05, 0.1) is 36.7 Å². The predicted molar refractivity (Wildman–Crippen MR) is 108 cm³/mol. The standard InChI is InChI=1S/C21H28N4O4/c1-15-12-25-18(13-24(15)20(27)29-21(2,3)4)17(11-22-25)23(5)19(26)28-14-16-9-7-6-8-10-16/h6-11,15H,12-14H2,1-5H3/t15-/m0/s1. The molecule has 0 N–H and O–H groups in total. The van der Waals surface area contributed by atoms with Gasteiger partial charge in [-0.1, -0.05) is 30.3 Å². The number of hydrogen-bond acceptors (Lipinski definition) is 5. The number of carbonyl (C=O) groups excluding carboxylic acids is 2. The minimum absolute atomic E-state index is 0.0690. The number of aromatic nitrogens is 2. The number of amides is 2. The summed E-state index contributed by atoms with van der Waals surface area (Å²) >= 11 is 0. The fourth-order valence-electron chi connectivity index (χ4n) is 3.15. The molecule has 0 unspecified atom stereocenters. The maximum Gasteiger partial charge on any atom is 0.414 e. The molecule has 8 nitrogen and oxygen atoms in total. The first kappa shape index (κ1) is 20.7. The smallest absolute Gasteiger partial charge is 0.414 e. The Morgan fingerprint density at radius 3 is 2.59 bits per heavy atom. The van der Waals surface area contributed by atoms with Crippen molar-refractivity contribution in [2.75, 3.05) is 11.9 Å². The van der Waals surface area contributed by atoms with Gasteiger partial charge in [0.25, 0.3) is 0 Å². The molecule has 3 rings (SSSR count). The fraction of sp³-hybridized carbons (Fsp3) is 0.476. The Hall–Kier alpha value is -3.03. The molecule has 0 aliphatic carbocycles. The van der Waals surface area contributed by atoms with E-state index < -0.39 is 11.7 Å². The number of nitrogens with zero attached hydrogens (tertiary/aromatic N) is 4. The lowest BCUT2D eigenvalue weighted by atomic mass is 10.2. The van der Waals surface area contributed by atoms with Crippen molar-refractivity contribution < 1.29 is 19.1 Å². The summed E-state index contributed by atoms with van der Waals surface area (Å²) in [5.41, 5.74) is 1.72. The topological polar surface area (TPSA) is 76.9 Å². The number of rotatable bonds is 3. The molecule has 1 aromatic heterocycles. The summed E-state index contributed by atoms with van der Waals surface area (Å²) in [6.45, 7) is 8.49. The van der Waals surface area contributed by atoms with E-state index in [1.165, 1.54) is 4.90 Å². The van der Waals surface area contributed by atoms with Crippen LogP contribution in [0.1, 0.15) is 39.0 Å². The molecule has 0 fully saturated rings. The summed E-state index contributed by atoms with van der Waals surface area (Å²) in [5.74, 6) is 0. The van der Waals surface area contributed by atoms with Crippen molar-refractivity contribution in [2.45, 2.75) is 59.0 Å². The molecule has 0 bridgehead atoms. The van der Waals surface area contributed by atoms with Crippen molar-refractivity contribution in [2.24, 2.45) is 0 Å². The summed E-state index contributed by atoms with van der Waals surface area (Å²) in [6.07, 6.45) is 0.773. The van der Waals surface area contributed by atoms with E-state index in [2.05, 4.69) is 5.10 Å². The average Bonchev–Trinajstić information content (AvgIpc) is 3.06. The lowest BCUT2D eigenvalue weighted by Crippen LogP contribution is -2.47. The molecular formula is C21H28N4O4. The van der Waals surface area contributed by atoms with E-state index in [1.807, 2.05) is 62.7 Å². The van der Waals surface area contributed by atoms with Crippen molar-refractivity contribution in [3.05, 3.63) is 47.8 Å². The van der Waals surface area contributed by atoms with Crippen molar-refractivity contribution in [1.29, 1.82) is 0 Å². The van der Waals surface area contributed by atoms with Gasteiger partial charge in [-0.3, -0.25) is 14.5 Å². The highest BCUT2D eigenvalue weighted by Crippen LogP contribution is 2.28. The van der Waals surface area contributed by atoms with E-state index in [9.17, 15) is 9.59 Å². The Morgan fingerprint density at radius 2 is 1.93 bits per heavy atom. The van der Waals surface area contributed by atoms with Crippen LogP contribution in [-0.2, 0) is 29.2 Å². The first-order chi connectivity index (χ1) is 13.7. The van der Waals surface area contributed by atoms with Crippen LogP contribution in [0, 0.1) is 0 Å². The maximum absolute atomic E-state index is 12.6. The molecule has 156 valence electrons. The monoisotopic (exact) mass is 400 g/mol. The third-order valence-electron chi connectivity index (χ3n) is 4.68.